The van der Waals surface area contributed by atoms with Crippen LogP contribution in [-0.4, -0.2) is 29.1 Å². The predicted octanol–water partition coefficient (Wildman–Crippen LogP) is 2.85. The monoisotopic (exact) mass is 329 g/mol. The summed E-state index contributed by atoms with van der Waals surface area (Å²) in [6, 6.07) is 5.95. The molecule has 1 aromatic heterocycles. The number of urea groups is 1. The van der Waals surface area contributed by atoms with Crippen molar-refractivity contribution in [1.29, 1.82) is 0 Å². The number of halogens is 1. The van der Waals surface area contributed by atoms with Crippen LogP contribution in [-0.2, 0) is 6.54 Å². The summed E-state index contributed by atoms with van der Waals surface area (Å²) in [5, 5.41) is 5.32. The van der Waals surface area contributed by atoms with Gasteiger partial charge in [-0.3, -0.25) is 0 Å². The van der Waals surface area contributed by atoms with Crippen LogP contribution in [0.2, 0.25) is 0 Å². The highest BCUT2D eigenvalue weighted by atomic mass is 19.1. The Kier molecular flexibility index (Phi) is 4.88. The lowest BCUT2D eigenvalue weighted by Crippen LogP contribution is -2.29. The van der Waals surface area contributed by atoms with E-state index in [0.29, 0.717) is 17.2 Å². The Bertz CT molecular complexity index is 731. The van der Waals surface area contributed by atoms with Crippen LogP contribution in [0.15, 0.2) is 30.5 Å². The summed E-state index contributed by atoms with van der Waals surface area (Å²) in [5.74, 6) is 0.353. The Morgan fingerprint density at radius 2 is 2.08 bits per heavy atom. The van der Waals surface area contributed by atoms with E-state index in [0.717, 1.165) is 31.6 Å². The summed E-state index contributed by atoms with van der Waals surface area (Å²) in [6.07, 6.45) is 4.01. The molecule has 0 radical (unpaired) electrons. The molecule has 1 aliphatic rings. The van der Waals surface area contributed by atoms with Crippen molar-refractivity contribution in [1.82, 2.24) is 15.3 Å². The van der Waals surface area contributed by atoms with E-state index < -0.39 is 6.03 Å². The van der Waals surface area contributed by atoms with E-state index in [4.69, 9.17) is 0 Å². The van der Waals surface area contributed by atoms with Crippen molar-refractivity contribution in [2.24, 2.45) is 0 Å². The SMILES string of the molecule is Cc1ccc(NC(=O)NCc2ccnc(N3CCCC3)n2)cc1F. The maximum atomic E-state index is 13.5. The van der Waals surface area contributed by atoms with E-state index in [1.54, 1.807) is 31.3 Å². The standard InChI is InChI=1S/C17H20FN5O/c1-12-4-5-13(10-15(12)18)22-17(24)20-11-14-6-7-19-16(21-14)23-8-2-3-9-23/h4-7,10H,2-3,8-9,11H2,1H3,(H2,20,22,24). The normalized spacial score (nSPS) is 13.8. The molecule has 0 atom stereocenters. The zero-order valence-electron chi connectivity index (χ0n) is 13.6. The lowest BCUT2D eigenvalue weighted by atomic mass is 10.2. The van der Waals surface area contributed by atoms with Crippen molar-refractivity contribution in [3.8, 4) is 0 Å². The summed E-state index contributed by atoms with van der Waals surface area (Å²) in [5.41, 5.74) is 1.68. The molecule has 1 saturated heterocycles. The van der Waals surface area contributed by atoms with Gasteiger partial charge in [0.15, 0.2) is 0 Å². The highest BCUT2D eigenvalue weighted by Gasteiger charge is 2.15. The Morgan fingerprint density at radius 1 is 1.29 bits per heavy atom. The minimum Gasteiger partial charge on any atom is -0.341 e. The molecule has 2 heterocycles. The number of hydrogen-bond donors (Lipinski definition) is 2. The van der Waals surface area contributed by atoms with Gasteiger partial charge < -0.3 is 15.5 Å². The highest BCUT2D eigenvalue weighted by Crippen LogP contribution is 2.15. The van der Waals surface area contributed by atoms with Crippen molar-refractivity contribution < 1.29 is 9.18 Å². The van der Waals surface area contributed by atoms with Gasteiger partial charge in [-0.25, -0.2) is 19.2 Å². The maximum absolute atomic E-state index is 13.5. The first-order valence-electron chi connectivity index (χ1n) is 8.00. The molecule has 1 aliphatic heterocycles. The number of nitrogens with one attached hydrogen (secondary N) is 2. The molecule has 2 N–H and O–H groups in total. The molecule has 6 nitrogen and oxygen atoms in total. The molecular weight excluding hydrogens is 309 g/mol. The number of nitrogens with zero attached hydrogens (tertiary/aromatic N) is 3. The number of hydrogen-bond acceptors (Lipinski definition) is 4. The highest BCUT2D eigenvalue weighted by molar-refractivity contribution is 5.89. The second-order valence-electron chi connectivity index (χ2n) is 5.81. The van der Waals surface area contributed by atoms with Gasteiger partial charge in [-0.1, -0.05) is 6.07 Å². The molecule has 24 heavy (non-hydrogen) atoms. The number of anilines is 2. The molecule has 3 rings (SSSR count). The van der Waals surface area contributed by atoms with Crippen LogP contribution in [0.25, 0.3) is 0 Å². The molecule has 2 aromatic rings. The Labute approximate surface area is 140 Å². The quantitative estimate of drug-likeness (QED) is 0.905. The second-order valence-corrected chi connectivity index (χ2v) is 5.81. The van der Waals surface area contributed by atoms with E-state index >= 15 is 0 Å². The van der Waals surface area contributed by atoms with Crippen molar-refractivity contribution >= 4 is 17.7 Å². The minimum atomic E-state index is -0.403. The van der Waals surface area contributed by atoms with Gasteiger partial charge >= 0.3 is 6.03 Å². The summed E-state index contributed by atoms with van der Waals surface area (Å²) in [4.78, 5) is 22.8. The van der Waals surface area contributed by atoms with E-state index in [1.165, 1.54) is 6.07 Å². The zero-order chi connectivity index (χ0) is 16.9. The van der Waals surface area contributed by atoms with E-state index in [9.17, 15) is 9.18 Å². The molecular formula is C17H20FN5O. The number of rotatable bonds is 4. The van der Waals surface area contributed by atoms with Crippen LogP contribution in [0.5, 0.6) is 0 Å². The van der Waals surface area contributed by atoms with Crippen LogP contribution in [0.3, 0.4) is 0 Å². The second kappa shape index (κ2) is 7.25. The number of carbonyl (C=O) groups excluding carboxylic acids is 1. The van der Waals surface area contributed by atoms with Gasteiger partial charge in [0.1, 0.15) is 5.82 Å². The third-order valence-electron chi connectivity index (χ3n) is 3.95. The smallest absolute Gasteiger partial charge is 0.319 e. The predicted molar refractivity (Wildman–Crippen MR) is 90.5 cm³/mol. The maximum Gasteiger partial charge on any atom is 0.319 e. The average Bonchev–Trinajstić information content (AvgIpc) is 3.11. The van der Waals surface area contributed by atoms with Crippen molar-refractivity contribution in [2.45, 2.75) is 26.3 Å². The fraction of sp³-hybridized carbons (Fsp3) is 0.353. The van der Waals surface area contributed by atoms with Crippen LogP contribution in [0, 0.1) is 12.7 Å². The molecule has 0 bridgehead atoms. The Balaban J connectivity index is 1.55. The van der Waals surface area contributed by atoms with Gasteiger partial charge in [0, 0.05) is 25.0 Å². The molecule has 7 heteroatoms. The van der Waals surface area contributed by atoms with Gasteiger partial charge in [0.2, 0.25) is 5.95 Å². The zero-order valence-corrected chi connectivity index (χ0v) is 13.6. The molecule has 0 aliphatic carbocycles. The Morgan fingerprint density at radius 3 is 2.83 bits per heavy atom. The molecule has 126 valence electrons. The third-order valence-corrected chi connectivity index (χ3v) is 3.95. The van der Waals surface area contributed by atoms with Gasteiger partial charge in [0.05, 0.1) is 12.2 Å². The van der Waals surface area contributed by atoms with Crippen LogP contribution >= 0.6 is 0 Å². The van der Waals surface area contributed by atoms with Gasteiger partial charge in [-0.2, -0.15) is 0 Å². The molecule has 0 unspecified atom stereocenters. The first-order chi connectivity index (χ1) is 11.6. The fourth-order valence-corrected chi connectivity index (χ4v) is 2.57. The van der Waals surface area contributed by atoms with Crippen molar-refractivity contribution in [3.63, 3.8) is 0 Å². The third kappa shape index (κ3) is 3.98. The topological polar surface area (TPSA) is 70.2 Å². The molecule has 0 spiro atoms. The number of aromatic nitrogens is 2. The summed E-state index contributed by atoms with van der Waals surface area (Å²) >= 11 is 0. The lowest BCUT2D eigenvalue weighted by Gasteiger charge is -2.15. The van der Waals surface area contributed by atoms with Gasteiger partial charge in [-0.05, 0) is 43.5 Å². The first-order valence-corrected chi connectivity index (χ1v) is 8.00. The van der Waals surface area contributed by atoms with Crippen LogP contribution in [0.1, 0.15) is 24.1 Å². The molecule has 1 aromatic carbocycles. The fourth-order valence-electron chi connectivity index (χ4n) is 2.57. The molecule has 0 saturated carbocycles. The number of aryl methyl sites for hydroxylation is 1. The summed E-state index contributed by atoms with van der Waals surface area (Å²) in [7, 11) is 0. The number of amides is 2. The minimum absolute atomic E-state index is 0.281. The van der Waals surface area contributed by atoms with Gasteiger partial charge in [-0.15, -0.1) is 0 Å². The number of benzene rings is 1. The summed E-state index contributed by atoms with van der Waals surface area (Å²) < 4.78 is 13.5. The van der Waals surface area contributed by atoms with Crippen molar-refractivity contribution in [2.75, 3.05) is 23.3 Å². The van der Waals surface area contributed by atoms with Crippen molar-refractivity contribution in [3.05, 3.63) is 47.5 Å². The van der Waals surface area contributed by atoms with Crippen LogP contribution < -0.4 is 15.5 Å². The average molecular weight is 329 g/mol. The Hall–Kier alpha value is -2.70. The molecule has 2 amide bonds. The van der Waals surface area contributed by atoms with E-state index in [1.807, 2.05) is 0 Å². The van der Waals surface area contributed by atoms with Crippen LogP contribution in [0.4, 0.5) is 20.8 Å². The lowest BCUT2D eigenvalue weighted by molar-refractivity contribution is 0.251. The van der Waals surface area contributed by atoms with E-state index in [2.05, 4.69) is 25.5 Å². The first kappa shape index (κ1) is 16.2. The summed E-state index contributed by atoms with van der Waals surface area (Å²) in [6.45, 7) is 3.89. The van der Waals surface area contributed by atoms with Gasteiger partial charge in [0.25, 0.3) is 0 Å². The van der Waals surface area contributed by atoms with E-state index in [-0.39, 0.29) is 12.4 Å². The number of carbonyl (C=O) groups is 1. The largest absolute Gasteiger partial charge is 0.341 e. The molecule has 1 fully saturated rings.